The zero-order valence-corrected chi connectivity index (χ0v) is 10.1. The van der Waals surface area contributed by atoms with E-state index in [1.165, 1.54) is 6.42 Å². The van der Waals surface area contributed by atoms with Crippen molar-refractivity contribution >= 4 is 0 Å². The molecule has 0 bridgehead atoms. The second kappa shape index (κ2) is 4.17. The Hall–Kier alpha value is -0.460. The predicted molar refractivity (Wildman–Crippen MR) is 60.7 cm³/mol. The summed E-state index contributed by atoms with van der Waals surface area (Å²) in [7, 11) is 0. The summed E-state index contributed by atoms with van der Waals surface area (Å²) in [5.74, 6) is 0. The molecule has 78 valence electrons. The molecule has 1 heteroatoms. The van der Waals surface area contributed by atoms with Gasteiger partial charge < -0.3 is 5.32 Å². The van der Waals surface area contributed by atoms with Crippen LogP contribution in [0.5, 0.6) is 0 Å². The van der Waals surface area contributed by atoms with Crippen LogP contribution < -0.4 is 5.32 Å². The third-order valence-electron chi connectivity index (χ3n) is 3.49. The largest absolute Gasteiger partial charge is 0.383 e. The highest BCUT2D eigenvalue weighted by molar-refractivity contribution is 5.02. The quantitative estimate of drug-likeness (QED) is 0.685. The van der Waals surface area contributed by atoms with Gasteiger partial charge in [0.25, 0.3) is 0 Å². The summed E-state index contributed by atoms with van der Waals surface area (Å²) >= 11 is 0. The van der Waals surface area contributed by atoms with E-state index in [2.05, 4.69) is 53.4 Å². The van der Waals surface area contributed by atoms with Crippen molar-refractivity contribution in [1.82, 2.24) is 5.32 Å². The van der Waals surface area contributed by atoms with Crippen molar-refractivity contribution in [2.24, 2.45) is 5.41 Å². The molecule has 0 rings (SSSR count). The molecule has 0 aliphatic heterocycles. The van der Waals surface area contributed by atoms with E-state index in [4.69, 9.17) is 0 Å². The number of rotatable bonds is 5. The minimum atomic E-state index is 0.120. The van der Waals surface area contributed by atoms with Crippen LogP contribution in [-0.2, 0) is 0 Å². The molecule has 0 radical (unpaired) electrons. The summed E-state index contributed by atoms with van der Waals surface area (Å²) in [6.07, 6.45) is 2.17. The molecule has 0 saturated carbocycles. The molecular weight excluding hydrogens is 158 g/mol. The molecule has 1 nitrogen and oxygen atoms in total. The Labute approximate surface area is 83.6 Å². The topological polar surface area (TPSA) is 12.0 Å². The summed E-state index contributed by atoms with van der Waals surface area (Å²) in [5, 5.41) is 3.50. The molecule has 0 aromatic carbocycles. The molecule has 0 spiro atoms. The fraction of sp³-hybridized carbons (Fsp3) is 0.833. The molecule has 0 aliphatic carbocycles. The first kappa shape index (κ1) is 12.5. The fourth-order valence-corrected chi connectivity index (χ4v) is 1.14. The van der Waals surface area contributed by atoms with Crippen molar-refractivity contribution in [3.05, 3.63) is 12.3 Å². The van der Waals surface area contributed by atoms with Crippen LogP contribution in [0.3, 0.4) is 0 Å². The van der Waals surface area contributed by atoms with Crippen molar-refractivity contribution in [3.63, 3.8) is 0 Å². The maximum Gasteiger partial charge on any atom is 0.0365 e. The number of nitrogens with one attached hydrogen (secondary N) is 1. The molecule has 0 saturated heterocycles. The molecule has 0 aliphatic rings. The lowest BCUT2D eigenvalue weighted by Crippen LogP contribution is -2.50. The van der Waals surface area contributed by atoms with Gasteiger partial charge in [-0.15, -0.1) is 0 Å². The van der Waals surface area contributed by atoms with Crippen LogP contribution in [-0.4, -0.2) is 5.54 Å². The molecule has 0 unspecified atom stereocenters. The highest BCUT2D eigenvalue weighted by Gasteiger charge is 2.35. The van der Waals surface area contributed by atoms with E-state index >= 15 is 0 Å². The van der Waals surface area contributed by atoms with Crippen molar-refractivity contribution in [1.29, 1.82) is 0 Å². The summed E-state index contributed by atoms with van der Waals surface area (Å²) in [6, 6.07) is 0. The van der Waals surface area contributed by atoms with Crippen LogP contribution in [0.1, 0.15) is 54.4 Å². The summed E-state index contributed by atoms with van der Waals surface area (Å²) in [4.78, 5) is 0. The second-order valence-electron chi connectivity index (χ2n) is 4.94. The van der Waals surface area contributed by atoms with Crippen LogP contribution in [0.2, 0.25) is 0 Å². The predicted octanol–water partition coefficient (Wildman–Crippen LogP) is 3.71. The molecule has 0 amide bonds. The highest BCUT2D eigenvalue weighted by Crippen LogP contribution is 2.34. The summed E-state index contributed by atoms with van der Waals surface area (Å²) in [5.41, 5.74) is 1.55. The molecule has 0 fully saturated rings. The van der Waals surface area contributed by atoms with Gasteiger partial charge in [-0.25, -0.2) is 0 Å². The Kier molecular flexibility index (Phi) is 4.02. The van der Waals surface area contributed by atoms with E-state index < -0.39 is 0 Å². The van der Waals surface area contributed by atoms with Gasteiger partial charge in [0, 0.05) is 11.2 Å². The molecule has 13 heavy (non-hydrogen) atoms. The van der Waals surface area contributed by atoms with Gasteiger partial charge in [0.2, 0.25) is 0 Å². The van der Waals surface area contributed by atoms with Gasteiger partial charge in [-0.2, -0.15) is 0 Å². The molecule has 0 heterocycles. The third kappa shape index (κ3) is 3.06. The van der Waals surface area contributed by atoms with Crippen LogP contribution in [0.15, 0.2) is 12.3 Å². The monoisotopic (exact) mass is 183 g/mol. The zero-order chi connectivity index (χ0) is 10.7. The van der Waals surface area contributed by atoms with Gasteiger partial charge >= 0.3 is 0 Å². The first-order chi connectivity index (χ1) is 5.77. The van der Waals surface area contributed by atoms with Gasteiger partial charge in [0.15, 0.2) is 0 Å². The number of hydrogen-bond donors (Lipinski definition) is 1. The van der Waals surface area contributed by atoms with Gasteiger partial charge in [0.05, 0.1) is 0 Å². The van der Waals surface area contributed by atoms with Gasteiger partial charge in [0.1, 0.15) is 0 Å². The van der Waals surface area contributed by atoms with E-state index in [1.807, 2.05) is 0 Å². The zero-order valence-electron chi connectivity index (χ0n) is 10.1. The fourth-order valence-electron chi connectivity index (χ4n) is 1.14. The van der Waals surface area contributed by atoms with E-state index in [0.717, 1.165) is 12.1 Å². The van der Waals surface area contributed by atoms with Crippen LogP contribution in [0.4, 0.5) is 0 Å². The Morgan fingerprint density at radius 2 is 1.62 bits per heavy atom. The molecule has 0 atom stereocenters. The van der Waals surface area contributed by atoms with Crippen LogP contribution in [0.25, 0.3) is 0 Å². The maximum atomic E-state index is 4.00. The maximum absolute atomic E-state index is 4.00. The van der Waals surface area contributed by atoms with Crippen LogP contribution in [0, 0.1) is 5.41 Å². The minimum Gasteiger partial charge on any atom is -0.383 e. The Balaban J connectivity index is 4.47. The Morgan fingerprint density at radius 3 is 1.92 bits per heavy atom. The van der Waals surface area contributed by atoms with Gasteiger partial charge in [-0.05, 0) is 32.1 Å². The first-order valence-electron chi connectivity index (χ1n) is 5.22. The van der Waals surface area contributed by atoms with Crippen molar-refractivity contribution in [2.75, 3.05) is 0 Å². The standard InChI is InChI=1S/C12H25N/c1-8-10(3)13-12(6,7)11(4,5)9-2/h13H,3,8-9H2,1-2,4-7H3. The third-order valence-corrected chi connectivity index (χ3v) is 3.49. The van der Waals surface area contributed by atoms with Crippen molar-refractivity contribution in [3.8, 4) is 0 Å². The smallest absolute Gasteiger partial charge is 0.0365 e. The SMILES string of the molecule is C=C(CC)NC(C)(C)C(C)(C)CC. The second-order valence-corrected chi connectivity index (χ2v) is 4.94. The number of hydrogen-bond acceptors (Lipinski definition) is 1. The lowest BCUT2D eigenvalue weighted by molar-refractivity contribution is 0.160. The number of allylic oxidation sites excluding steroid dienone is 1. The summed E-state index contributed by atoms with van der Waals surface area (Å²) in [6.45, 7) is 17.4. The average molecular weight is 183 g/mol. The normalized spacial score (nSPS) is 12.8. The van der Waals surface area contributed by atoms with Crippen molar-refractivity contribution in [2.45, 2.75) is 59.9 Å². The lowest BCUT2D eigenvalue weighted by Gasteiger charge is -2.43. The minimum absolute atomic E-state index is 0.120. The molecular formula is C12H25N. The molecule has 0 aromatic rings. The Morgan fingerprint density at radius 1 is 1.15 bits per heavy atom. The van der Waals surface area contributed by atoms with E-state index in [0.29, 0.717) is 5.41 Å². The van der Waals surface area contributed by atoms with E-state index in [9.17, 15) is 0 Å². The summed E-state index contributed by atoms with van der Waals surface area (Å²) < 4.78 is 0. The lowest BCUT2D eigenvalue weighted by atomic mass is 9.72. The average Bonchev–Trinajstić information content (AvgIpc) is 2.03. The van der Waals surface area contributed by atoms with Crippen LogP contribution >= 0.6 is 0 Å². The molecule has 0 aromatic heterocycles. The van der Waals surface area contributed by atoms with Gasteiger partial charge in [-0.3, -0.25) is 0 Å². The van der Waals surface area contributed by atoms with Crippen molar-refractivity contribution < 1.29 is 0 Å². The molecule has 1 N–H and O–H groups in total. The Bertz CT molecular complexity index is 178. The highest BCUT2D eigenvalue weighted by atomic mass is 15.0. The van der Waals surface area contributed by atoms with E-state index in [-0.39, 0.29) is 5.54 Å². The van der Waals surface area contributed by atoms with Gasteiger partial charge in [-0.1, -0.05) is 34.3 Å². The van der Waals surface area contributed by atoms with E-state index in [1.54, 1.807) is 0 Å². The first-order valence-corrected chi connectivity index (χ1v) is 5.22.